The maximum Gasteiger partial charge on any atom is 0.227 e. The zero-order valence-electron chi connectivity index (χ0n) is 13.1. The minimum absolute atomic E-state index is 0.102. The molecule has 8 heteroatoms. The molecule has 0 atom stereocenters. The monoisotopic (exact) mass is 340 g/mol. The minimum atomic E-state index is -0.102. The van der Waals surface area contributed by atoms with Gasteiger partial charge in [0.25, 0.3) is 0 Å². The highest BCUT2D eigenvalue weighted by atomic mass is 32.1. The molecule has 0 aliphatic heterocycles. The molecule has 3 aromatic rings. The van der Waals surface area contributed by atoms with Crippen molar-refractivity contribution in [1.82, 2.24) is 20.2 Å². The Morgan fingerprint density at radius 3 is 2.88 bits per heavy atom. The molecule has 0 aromatic carbocycles. The van der Waals surface area contributed by atoms with Gasteiger partial charge in [0.15, 0.2) is 5.01 Å². The Bertz CT molecular complexity index is 820. The molecule has 0 bridgehead atoms. The average Bonchev–Trinajstić information content (AvgIpc) is 3.04. The van der Waals surface area contributed by atoms with Gasteiger partial charge >= 0.3 is 0 Å². The number of hydrogen-bond donors (Lipinski definition) is 2. The van der Waals surface area contributed by atoms with E-state index in [4.69, 9.17) is 0 Å². The van der Waals surface area contributed by atoms with Gasteiger partial charge < -0.3 is 10.6 Å². The number of nitrogens with zero attached hydrogens (tertiary/aromatic N) is 4. The number of rotatable bonds is 6. The number of carbonyl (C=O) groups excluding carboxylic acids is 1. The van der Waals surface area contributed by atoms with Gasteiger partial charge in [-0.15, -0.1) is 10.2 Å². The van der Waals surface area contributed by atoms with Crippen LogP contribution < -0.4 is 10.6 Å². The fraction of sp³-hybridized carbons (Fsp3) is 0.188. The molecular weight excluding hydrogens is 324 g/mol. The molecule has 0 unspecified atom stereocenters. The Hall–Kier alpha value is -2.87. The zero-order chi connectivity index (χ0) is 16.8. The van der Waals surface area contributed by atoms with Gasteiger partial charge in [-0.1, -0.05) is 23.5 Å². The molecule has 2 N–H and O–H groups in total. The third-order valence-corrected chi connectivity index (χ3v) is 4.00. The van der Waals surface area contributed by atoms with Crippen LogP contribution in [0.25, 0.3) is 10.7 Å². The van der Waals surface area contributed by atoms with Crippen LogP contribution in [0.3, 0.4) is 0 Å². The molecule has 0 fully saturated rings. The predicted octanol–water partition coefficient (Wildman–Crippen LogP) is 2.74. The highest BCUT2D eigenvalue weighted by molar-refractivity contribution is 7.18. The van der Waals surface area contributed by atoms with Crippen molar-refractivity contribution >= 4 is 28.2 Å². The summed E-state index contributed by atoms with van der Waals surface area (Å²) in [6.45, 7) is 2.35. The smallest absolute Gasteiger partial charge is 0.227 e. The van der Waals surface area contributed by atoms with Crippen LogP contribution in [0.2, 0.25) is 0 Å². The summed E-state index contributed by atoms with van der Waals surface area (Å²) in [5, 5.41) is 15.4. The van der Waals surface area contributed by atoms with Gasteiger partial charge in [-0.2, -0.15) is 0 Å². The fourth-order valence-electron chi connectivity index (χ4n) is 1.99. The predicted molar refractivity (Wildman–Crippen MR) is 93.9 cm³/mol. The molecule has 0 aliphatic rings. The number of hydrogen-bond acceptors (Lipinski definition) is 7. The van der Waals surface area contributed by atoms with E-state index in [0.29, 0.717) is 23.9 Å². The molecule has 0 radical (unpaired) electrons. The standard InChI is InChI=1S/C16H16N6OS/c1-11-5-4-7-13(19-11)20-14(23)8-10-18-16-22-21-15(24-16)12-6-2-3-9-17-12/h2-7,9H,8,10H2,1H3,(H,18,22)(H,19,20,23). The van der Waals surface area contributed by atoms with Gasteiger partial charge in [0.2, 0.25) is 11.0 Å². The lowest BCUT2D eigenvalue weighted by molar-refractivity contribution is -0.116. The van der Waals surface area contributed by atoms with E-state index >= 15 is 0 Å². The Morgan fingerprint density at radius 2 is 2.08 bits per heavy atom. The fourth-order valence-corrected chi connectivity index (χ4v) is 2.73. The van der Waals surface area contributed by atoms with E-state index < -0.39 is 0 Å². The number of nitrogens with one attached hydrogen (secondary N) is 2. The molecule has 0 saturated carbocycles. The van der Waals surface area contributed by atoms with Crippen LogP contribution in [0, 0.1) is 6.92 Å². The van der Waals surface area contributed by atoms with Crippen molar-refractivity contribution < 1.29 is 4.79 Å². The van der Waals surface area contributed by atoms with Gasteiger partial charge in [0, 0.05) is 24.9 Å². The molecule has 0 spiro atoms. The molecule has 24 heavy (non-hydrogen) atoms. The highest BCUT2D eigenvalue weighted by Gasteiger charge is 2.08. The van der Waals surface area contributed by atoms with E-state index in [-0.39, 0.29) is 5.91 Å². The molecule has 0 saturated heterocycles. The van der Waals surface area contributed by atoms with Crippen molar-refractivity contribution in [3.8, 4) is 10.7 Å². The first-order chi connectivity index (χ1) is 11.7. The van der Waals surface area contributed by atoms with Crippen LogP contribution >= 0.6 is 11.3 Å². The van der Waals surface area contributed by atoms with Crippen LogP contribution in [0.15, 0.2) is 42.6 Å². The summed E-state index contributed by atoms with van der Waals surface area (Å²) in [5.41, 5.74) is 1.65. The van der Waals surface area contributed by atoms with Crippen molar-refractivity contribution in [2.24, 2.45) is 0 Å². The summed E-state index contributed by atoms with van der Waals surface area (Å²) < 4.78 is 0. The first-order valence-electron chi connectivity index (χ1n) is 7.43. The SMILES string of the molecule is Cc1cccc(NC(=O)CCNc2nnc(-c3ccccn3)s2)n1. The van der Waals surface area contributed by atoms with Crippen molar-refractivity contribution in [2.45, 2.75) is 13.3 Å². The summed E-state index contributed by atoms with van der Waals surface area (Å²) in [4.78, 5) is 20.4. The summed E-state index contributed by atoms with van der Waals surface area (Å²) in [7, 11) is 0. The molecular formula is C16H16N6OS. The average molecular weight is 340 g/mol. The molecule has 122 valence electrons. The first kappa shape index (κ1) is 16.0. The zero-order valence-corrected chi connectivity index (χ0v) is 13.9. The van der Waals surface area contributed by atoms with Gasteiger partial charge in [-0.3, -0.25) is 9.78 Å². The number of anilines is 2. The first-order valence-corrected chi connectivity index (χ1v) is 8.24. The summed E-state index contributed by atoms with van der Waals surface area (Å²) >= 11 is 1.40. The van der Waals surface area contributed by atoms with Gasteiger partial charge in [-0.25, -0.2) is 4.98 Å². The van der Waals surface area contributed by atoms with E-state index in [1.165, 1.54) is 11.3 Å². The molecule has 3 heterocycles. The highest BCUT2D eigenvalue weighted by Crippen LogP contribution is 2.24. The maximum atomic E-state index is 11.9. The van der Waals surface area contributed by atoms with Gasteiger partial charge in [0.05, 0.1) is 0 Å². The number of aryl methyl sites for hydroxylation is 1. The number of pyridine rings is 2. The second kappa shape index (κ2) is 7.60. The third kappa shape index (κ3) is 4.32. The number of aromatic nitrogens is 4. The van der Waals surface area contributed by atoms with E-state index in [9.17, 15) is 4.79 Å². The Morgan fingerprint density at radius 1 is 1.17 bits per heavy atom. The molecule has 1 amide bonds. The number of carbonyl (C=O) groups is 1. The topological polar surface area (TPSA) is 92.7 Å². The lowest BCUT2D eigenvalue weighted by atomic mass is 10.3. The lowest BCUT2D eigenvalue weighted by Gasteiger charge is -2.05. The normalized spacial score (nSPS) is 10.4. The van der Waals surface area contributed by atoms with E-state index in [0.717, 1.165) is 16.4 Å². The minimum Gasteiger partial charge on any atom is -0.360 e. The van der Waals surface area contributed by atoms with E-state index in [1.54, 1.807) is 12.3 Å². The summed E-state index contributed by atoms with van der Waals surface area (Å²) in [6.07, 6.45) is 2.03. The quantitative estimate of drug-likeness (QED) is 0.717. The van der Waals surface area contributed by atoms with Crippen LogP contribution in [-0.2, 0) is 4.79 Å². The van der Waals surface area contributed by atoms with Crippen LogP contribution in [-0.4, -0.2) is 32.6 Å². The number of amides is 1. The third-order valence-electron chi connectivity index (χ3n) is 3.09. The molecule has 3 rings (SSSR count). The molecule has 7 nitrogen and oxygen atoms in total. The van der Waals surface area contributed by atoms with Crippen molar-refractivity contribution in [2.75, 3.05) is 17.2 Å². The molecule has 0 aliphatic carbocycles. The van der Waals surface area contributed by atoms with Crippen LogP contribution in [0.4, 0.5) is 10.9 Å². The second-order valence-electron chi connectivity index (χ2n) is 5.02. The summed E-state index contributed by atoms with van der Waals surface area (Å²) in [5.74, 6) is 0.461. The van der Waals surface area contributed by atoms with Gasteiger partial charge in [-0.05, 0) is 31.2 Å². The Kier molecular flexibility index (Phi) is 5.07. The second-order valence-corrected chi connectivity index (χ2v) is 5.99. The molecule has 3 aromatic heterocycles. The summed E-state index contributed by atoms with van der Waals surface area (Å²) in [6, 6.07) is 11.1. The van der Waals surface area contributed by atoms with E-state index in [2.05, 4.69) is 30.8 Å². The van der Waals surface area contributed by atoms with E-state index in [1.807, 2.05) is 37.3 Å². The maximum absolute atomic E-state index is 11.9. The Labute approximate surface area is 143 Å². The van der Waals surface area contributed by atoms with Crippen molar-refractivity contribution in [3.05, 3.63) is 48.3 Å². The van der Waals surface area contributed by atoms with Crippen molar-refractivity contribution in [3.63, 3.8) is 0 Å². The van der Waals surface area contributed by atoms with Crippen molar-refractivity contribution in [1.29, 1.82) is 0 Å². The van der Waals surface area contributed by atoms with Crippen LogP contribution in [0.1, 0.15) is 12.1 Å². The van der Waals surface area contributed by atoms with Crippen LogP contribution in [0.5, 0.6) is 0 Å². The Balaban J connectivity index is 1.48. The largest absolute Gasteiger partial charge is 0.360 e. The van der Waals surface area contributed by atoms with Gasteiger partial charge in [0.1, 0.15) is 11.5 Å². The lowest BCUT2D eigenvalue weighted by Crippen LogP contribution is -2.17.